The average Bonchev–Trinajstić information content (AvgIpc) is 2.16. The van der Waals surface area contributed by atoms with Gasteiger partial charge in [0.2, 0.25) is 0 Å². The third-order valence-electron chi connectivity index (χ3n) is 2.63. The molecular formula is C11H11BrN2. The van der Waals surface area contributed by atoms with E-state index in [0.29, 0.717) is 12.5 Å². The summed E-state index contributed by atoms with van der Waals surface area (Å²) >= 11 is 3.41. The fourth-order valence-corrected chi connectivity index (χ4v) is 2.00. The van der Waals surface area contributed by atoms with E-state index in [0.717, 1.165) is 17.4 Å². The predicted molar refractivity (Wildman–Crippen MR) is 60.1 cm³/mol. The van der Waals surface area contributed by atoms with E-state index in [9.17, 15) is 0 Å². The molecule has 0 N–H and O–H groups in total. The topological polar surface area (TPSA) is 27.0 Å². The lowest BCUT2D eigenvalue weighted by molar-refractivity contribution is 0.455. The van der Waals surface area contributed by atoms with Gasteiger partial charge in [-0.25, -0.2) is 0 Å². The minimum Gasteiger partial charge on any atom is -0.367 e. The molecule has 1 fully saturated rings. The van der Waals surface area contributed by atoms with Crippen LogP contribution in [0.15, 0.2) is 28.7 Å². The zero-order valence-electron chi connectivity index (χ0n) is 7.78. The Morgan fingerprint density at radius 2 is 2.14 bits per heavy atom. The zero-order valence-corrected chi connectivity index (χ0v) is 9.37. The number of nitriles is 1. The minimum atomic E-state index is 0.432. The van der Waals surface area contributed by atoms with Gasteiger partial charge >= 0.3 is 0 Å². The van der Waals surface area contributed by atoms with Crippen molar-refractivity contribution < 1.29 is 0 Å². The van der Waals surface area contributed by atoms with Crippen molar-refractivity contribution in [1.82, 2.24) is 0 Å². The van der Waals surface area contributed by atoms with E-state index in [1.54, 1.807) is 0 Å². The van der Waals surface area contributed by atoms with Gasteiger partial charge < -0.3 is 4.90 Å². The number of hydrogen-bond donors (Lipinski definition) is 0. The zero-order chi connectivity index (χ0) is 9.97. The van der Waals surface area contributed by atoms with Crippen molar-refractivity contribution >= 4 is 21.6 Å². The number of hydrogen-bond acceptors (Lipinski definition) is 2. The van der Waals surface area contributed by atoms with Crippen LogP contribution in [0.3, 0.4) is 0 Å². The molecule has 1 atom stereocenters. The molecule has 0 bridgehead atoms. The largest absolute Gasteiger partial charge is 0.367 e. The number of rotatable bonds is 2. The maximum atomic E-state index is 8.63. The second-order valence-corrected chi connectivity index (χ2v) is 4.39. The summed E-state index contributed by atoms with van der Waals surface area (Å²) in [5.41, 5.74) is 1.22. The van der Waals surface area contributed by atoms with Crippen molar-refractivity contribution in [2.24, 2.45) is 0 Å². The molecule has 1 aromatic carbocycles. The summed E-state index contributed by atoms with van der Waals surface area (Å²) in [6.45, 7) is 1.08. The van der Waals surface area contributed by atoms with E-state index < -0.39 is 0 Å². The van der Waals surface area contributed by atoms with Crippen LogP contribution in [0.1, 0.15) is 12.8 Å². The Bertz CT molecular complexity index is 353. The van der Waals surface area contributed by atoms with Crippen LogP contribution < -0.4 is 4.90 Å². The first-order valence-corrected chi connectivity index (χ1v) is 5.50. The Hall–Kier alpha value is -1.01. The van der Waals surface area contributed by atoms with Gasteiger partial charge in [-0.2, -0.15) is 5.26 Å². The molecule has 1 heterocycles. The molecule has 0 radical (unpaired) electrons. The minimum absolute atomic E-state index is 0.432. The molecule has 1 aromatic rings. The van der Waals surface area contributed by atoms with E-state index in [1.807, 2.05) is 12.1 Å². The molecule has 0 saturated carbocycles. The van der Waals surface area contributed by atoms with Gasteiger partial charge in [-0.1, -0.05) is 15.9 Å². The summed E-state index contributed by atoms with van der Waals surface area (Å²) in [4.78, 5) is 2.29. The van der Waals surface area contributed by atoms with Crippen LogP contribution in [0, 0.1) is 11.3 Å². The summed E-state index contributed by atoms with van der Waals surface area (Å²) in [5.74, 6) is 0. The molecule has 72 valence electrons. The highest BCUT2D eigenvalue weighted by Crippen LogP contribution is 2.28. The molecule has 14 heavy (non-hydrogen) atoms. The fourth-order valence-electron chi connectivity index (χ4n) is 1.73. The summed E-state index contributed by atoms with van der Waals surface area (Å²) in [6, 6.07) is 10.9. The summed E-state index contributed by atoms with van der Waals surface area (Å²) in [7, 11) is 0. The number of nitrogens with zero attached hydrogens (tertiary/aromatic N) is 2. The first kappa shape index (κ1) is 9.54. The Labute approximate surface area is 92.3 Å². The maximum Gasteiger partial charge on any atom is 0.0643 e. The van der Waals surface area contributed by atoms with E-state index in [-0.39, 0.29) is 0 Å². The van der Waals surface area contributed by atoms with Crippen LogP contribution in [0.2, 0.25) is 0 Å². The van der Waals surface area contributed by atoms with Crippen LogP contribution in [-0.4, -0.2) is 12.6 Å². The highest BCUT2D eigenvalue weighted by atomic mass is 79.9. The highest BCUT2D eigenvalue weighted by Gasteiger charge is 2.27. The van der Waals surface area contributed by atoms with Crippen molar-refractivity contribution in [3.63, 3.8) is 0 Å². The number of anilines is 1. The van der Waals surface area contributed by atoms with Gasteiger partial charge in [0.25, 0.3) is 0 Å². The van der Waals surface area contributed by atoms with E-state index >= 15 is 0 Å². The van der Waals surface area contributed by atoms with Gasteiger partial charge in [-0.05, 0) is 30.7 Å². The second-order valence-electron chi connectivity index (χ2n) is 3.47. The van der Waals surface area contributed by atoms with Crippen LogP contribution in [0.5, 0.6) is 0 Å². The molecule has 0 spiro atoms. The molecule has 0 aromatic heterocycles. The molecular weight excluding hydrogens is 240 g/mol. The maximum absolute atomic E-state index is 8.63. The first-order valence-electron chi connectivity index (χ1n) is 4.70. The van der Waals surface area contributed by atoms with Gasteiger partial charge in [-0.15, -0.1) is 0 Å². The van der Waals surface area contributed by atoms with Crippen LogP contribution >= 0.6 is 15.9 Å². The Morgan fingerprint density at radius 1 is 1.43 bits per heavy atom. The summed E-state index contributed by atoms with van der Waals surface area (Å²) < 4.78 is 1.10. The molecule has 0 aliphatic carbocycles. The number of benzene rings is 1. The van der Waals surface area contributed by atoms with Gasteiger partial charge in [0, 0.05) is 22.7 Å². The molecule has 1 aliphatic rings. The van der Waals surface area contributed by atoms with Gasteiger partial charge in [-0.3, -0.25) is 0 Å². The highest BCUT2D eigenvalue weighted by molar-refractivity contribution is 9.10. The lowest BCUT2D eigenvalue weighted by atomic mass is 9.99. The van der Waals surface area contributed by atoms with Crippen molar-refractivity contribution in [3.05, 3.63) is 28.7 Å². The number of halogens is 1. The molecule has 1 unspecified atom stereocenters. The SMILES string of the molecule is N#CCC1CCN1c1ccc(Br)cc1. The Balaban J connectivity index is 2.09. The fraction of sp³-hybridized carbons (Fsp3) is 0.364. The van der Waals surface area contributed by atoms with Crippen LogP contribution in [0.25, 0.3) is 0 Å². The average molecular weight is 251 g/mol. The standard InChI is InChI=1S/C11H11BrN2/c12-9-1-3-10(4-2-9)14-8-6-11(14)5-7-13/h1-4,11H,5-6,8H2. The monoisotopic (exact) mass is 250 g/mol. The molecule has 1 aliphatic heterocycles. The molecule has 0 amide bonds. The Morgan fingerprint density at radius 3 is 2.64 bits per heavy atom. The first-order chi connectivity index (χ1) is 6.81. The quantitative estimate of drug-likeness (QED) is 0.808. The Kier molecular flexibility index (Phi) is 2.74. The second kappa shape index (κ2) is 4.02. The summed E-state index contributed by atoms with van der Waals surface area (Å²) in [5, 5.41) is 8.63. The third-order valence-corrected chi connectivity index (χ3v) is 3.16. The molecule has 2 rings (SSSR count). The van der Waals surface area contributed by atoms with Crippen molar-refractivity contribution in [2.75, 3.05) is 11.4 Å². The van der Waals surface area contributed by atoms with Crippen molar-refractivity contribution in [2.45, 2.75) is 18.9 Å². The molecule has 2 nitrogen and oxygen atoms in total. The smallest absolute Gasteiger partial charge is 0.0643 e. The van der Waals surface area contributed by atoms with Gasteiger partial charge in [0.05, 0.1) is 12.5 Å². The molecule has 3 heteroatoms. The van der Waals surface area contributed by atoms with Crippen LogP contribution in [0.4, 0.5) is 5.69 Å². The normalized spacial score (nSPS) is 20.0. The van der Waals surface area contributed by atoms with E-state index in [4.69, 9.17) is 5.26 Å². The van der Waals surface area contributed by atoms with E-state index in [2.05, 4.69) is 39.0 Å². The van der Waals surface area contributed by atoms with Crippen LogP contribution in [-0.2, 0) is 0 Å². The van der Waals surface area contributed by atoms with Crippen molar-refractivity contribution in [1.29, 1.82) is 5.26 Å². The van der Waals surface area contributed by atoms with Gasteiger partial charge in [0.15, 0.2) is 0 Å². The third kappa shape index (κ3) is 1.76. The summed E-state index contributed by atoms with van der Waals surface area (Å²) in [6.07, 6.45) is 1.78. The lowest BCUT2D eigenvalue weighted by Gasteiger charge is -2.41. The predicted octanol–water partition coefficient (Wildman–Crippen LogP) is 2.94. The van der Waals surface area contributed by atoms with E-state index in [1.165, 1.54) is 5.69 Å². The molecule has 1 saturated heterocycles. The lowest BCUT2D eigenvalue weighted by Crippen LogP contribution is -2.47. The van der Waals surface area contributed by atoms with Gasteiger partial charge in [0.1, 0.15) is 0 Å². The van der Waals surface area contributed by atoms with Crippen molar-refractivity contribution in [3.8, 4) is 6.07 Å².